The van der Waals surface area contributed by atoms with E-state index in [-0.39, 0.29) is 11.9 Å². The van der Waals surface area contributed by atoms with Crippen LogP contribution in [0.25, 0.3) is 0 Å². The van der Waals surface area contributed by atoms with Gasteiger partial charge in [-0.05, 0) is 12.5 Å². The molecule has 0 spiro atoms. The topological polar surface area (TPSA) is 26.3 Å². The standard InChI is InChI=1S/C13H18O2/c1-3-12(14)13(15-4-2)10-11-8-6-5-7-9-11/h5-9,13H,3-4,10H2,1-2H3. The van der Waals surface area contributed by atoms with Crippen molar-refractivity contribution in [2.75, 3.05) is 6.61 Å². The summed E-state index contributed by atoms with van der Waals surface area (Å²) in [7, 11) is 0. The Kier molecular flexibility index (Phi) is 5.05. The van der Waals surface area contributed by atoms with Crippen molar-refractivity contribution in [2.24, 2.45) is 0 Å². The SMILES string of the molecule is CCOC(Cc1ccccc1)C(=O)CC. The zero-order valence-corrected chi connectivity index (χ0v) is 9.40. The van der Waals surface area contributed by atoms with E-state index in [1.807, 2.05) is 44.2 Å². The Morgan fingerprint density at radius 1 is 1.27 bits per heavy atom. The Bertz CT molecular complexity index is 293. The number of carbonyl (C=O) groups excluding carboxylic acids is 1. The molecule has 0 aromatic heterocycles. The molecule has 0 radical (unpaired) electrons. The molecule has 0 saturated carbocycles. The zero-order valence-electron chi connectivity index (χ0n) is 9.40. The summed E-state index contributed by atoms with van der Waals surface area (Å²) < 4.78 is 5.45. The van der Waals surface area contributed by atoms with E-state index >= 15 is 0 Å². The molecule has 2 nitrogen and oxygen atoms in total. The van der Waals surface area contributed by atoms with Gasteiger partial charge in [0.2, 0.25) is 0 Å². The van der Waals surface area contributed by atoms with Gasteiger partial charge >= 0.3 is 0 Å². The molecular weight excluding hydrogens is 188 g/mol. The molecule has 0 saturated heterocycles. The van der Waals surface area contributed by atoms with Gasteiger partial charge in [-0.3, -0.25) is 4.79 Å². The second kappa shape index (κ2) is 6.36. The first kappa shape index (κ1) is 11.9. The van der Waals surface area contributed by atoms with Crippen LogP contribution in [0.15, 0.2) is 30.3 Å². The van der Waals surface area contributed by atoms with Crippen LogP contribution in [-0.4, -0.2) is 18.5 Å². The lowest BCUT2D eigenvalue weighted by Gasteiger charge is -2.14. The molecule has 1 atom stereocenters. The van der Waals surface area contributed by atoms with Crippen molar-refractivity contribution < 1.29 is 9.53 Å². The molecule has 0 N–H and O–H groups in total. The van der Waals surface area contributed by atoms with Crippen molar-refractivity contribution in [1.82, 2.24) is 0 Å². The first-order valence-corrected chi connectivity index (χ1v) is 5.46. The summed E-state index contributed by atoms with van der Waals surface area (Å²) in [5.41, 5.74) is 1.15. The van der Waals surface area contributed by atoms with Gasteiger partial charge in [-0.25, -0.2) is 0 Å². The lowest BCUT2D eigenvalue weighted by molar-refractivity contribution is -0.129. The Morgan fingerprint density at radius 2 is 1.93 bits per heavy atom. The van der Waals surface area contributed by atoms with Crippen LogP contribution < -0.4 is 0 Å². The zero-order chi connectivity index (χ0) is 11.1. The van der Waals surface area contributed by atoms with Crippen LogP contribution >= 0.6 is 0 Å². The highest BCUT2D eigenvalue weighted by Gasteiger charge is 2.16. The number of Topliss-reactive ketones (excluding diaryl/α,β-unsaturated/α-hetero) is 1. The van der Waals surface area contributed by atoms with Crippen LogP contribution in [-0.2, 0) is 16.0 Å². The van der Waals surface area contributed by atoms with Gasteiger partial charge < -0.3 is 4.74 Å². The largest absolute Gasteiger partial charge is 0.370 e. The first-order valence-electron chi connectivity index (χ1n) is 5.46. The van der Waals surface area contributed by atoms with E-state index in [1.165, 1.54) is 0 Å². The Morgan fingerprint density at radius 3 is 2.47 bits per heavy atom. The highest BCUT2D eigenvalue weighted by atomic mass is 16.5. The molecule has 1 unspecified atom stereocenters. The van der Waals surface area contributed by atoms with Crippen LogP contribution in [0.4, 0.5) is 0 Å². The molecule has 2 heteroatoms. The highest BCUT2D eigenvalue weighted by molar-refractivity contribution is 5.83. The number of benzene rings is 1. The maximum Gasteiger partial charge on any atom is 0.161 e. The number of hydrogen-bond acceptors (Lipinski definition) is 2. The Balaban J connectivity index is 2.62. The number of hydrogen-bond donors (Lipinski definition) is 0. The molecule has 0 fully saturated rings. The fraction of sp³-hybridized carbons (Fsp3) is 0.462. The predicted molar refractivity (Wildman–Crippen MR) is 60.9 cm³/mol. The van der Waals surface area contributed by atoms with Crippen LogP contribution in [0.1, 0.15) is 25.8 Å². The predicted octanol–water partition coefficient (Wildman–Crippen LogP) is 2.61. The lowest BCUT2D eigenvalue weighted by atomic mass is 10.0. The third-order valence-electron chi connectivity index (χ3n) is 2.34. The van der Waals surface area contributed by atoms with Crippen molar-refractivity contribution in [3.8, 4) is 0 Å². The number of ketones is 1. The van der Waals surface area contributed by atoms with Gasteiger partial charge in [0.25, 0.3) is 0 Å². The van der Waals surface area contributed by atoms with Crippen molar-refractivity contribution in [3.05, 3.63) is 35.9 Å². The number of carbonyl (C=O) groups is 1. The van der Waals surface area contributed by atoms with Gasteiger partial charge in [-0.2, -0.15) is 0 Å². The number of ether oxygens (including phenoxy) is 1. The average Bonchev–Trinajstić information content (AvgIpc) is 2.29. The van der Waals surface area contributed by atoms with Crippen LogP contribution in [0.3, 0.4) is 0 Å². The molecule has 15 heavy (non-hydrogen) atoms. The minimum atomic E-state index is -0.276. The minimum absolute atomic E-state index is 0.181. The molecule has 1 aromatic carbocycles. The Labute approximate surface area is 91.3 Å². The van der Waals surface area contributed by atoms with Crippen LogP contribution in [0.2, 0.25) is 0 Å². The van der Waals surface area contributed by atoms with Gasteiger partial charge in [-0.1, -0.05) is 37.3 Å². The first-order chi connectivity index (χ1) is 7.27. The molecule has 0 heterocycles. The number of rotatable bonds is 6. The summed E-state index contributed by atoms with van der Waals surface area (Å²) in [6, 6.07) is 9.98. The second-order valence-electron chi connectivity index (χ2n) is 3.45. The monoisotopic (exact) mass is 206 g/mol. The van der Waals surface area contributed by atoms with Crippen molar-refractivity contribution >= 4 is 5.78 Å². The fourth-order valence-corrected chi connectivity index (χ4v) is 1.52. The van der Waals surface area contributed by atoms with E-state index in [2.05, 4.69) is 0 Å². The second-order valence-corrected chi connectivity index (χ2v) is 3.45. The lowest BCUT2D eigenvalue weighted by Crippen LogP contribution is -2.26. The van der Waals surface area contributed by atoms with Crippen molar-refractivity contribution in [3.63, 3.8) is 0 Å². The molecule has 0 bridgehead atoms. The summed E-state index contributed by atoms with van der Waals surface area (Å²) in [5, 5.41) is 0. The van der Waals surface area contributed by atoms with Gasteiger partial charge in [0.1, 0.15) is 6.10 Å². The van der Waals surface area contributed by atoms with E-state index in [0.717, 1.165) is 5.56 Å². The normalized spacial score (nSPS) is 12.4. The molecular formula is C13H18O2. The van der Waals surface area contributed by atoms with E-state index in [1.54, 1.807) is 0 Å². The van der Waals surface area contributed by atoms with Gasteiger partial charge in [-0.15, -0.1) is 0 Å². The van der Waals surface area contributed by atoms with Crippen LogP contribution in [0, 0.1) is 0 Å². The Hall–Kier alpha value is -1.15. The maximum absolute atomic E-state index is 11.6. The molecule has 1 rings (SSSR count). The molecule has 0 aliphatic heterocycles. The maximum atomic E-state index is 11.6. The fourth-order valence-electron chi connectivity index (χ4n) is 1.52. The summed E-state index contributed by atoms with van der Waals surface area (Å²) in [6.07, 6.45) is 0.946. The highest BCUT2D eigenvalue weighted by Crippen LogP contribution is 2.08. The van der Waals surface area contributed by atoms with Gasteiger partial charge in [0.15, 0.2) is 5.78 Å². The molecule has 82 valence electrons. The quantitative estimate of drug-likeness (QED) is 0.715. The molecule has 0 aliphatic carbocycles. The summed E-state index contributed by atoms with van der Waals surface area (Å²) in [5.74, 6) is 0.181. The third kappa shape index (κ3) is 3.84. The molecule has 1 aromatic rings. The van der Waals surface area contributed by atoms with Gasteiger partial charge in [0, 0.05) is 19.4 Å². The third-order valence-corrected chi connectivity index (χ3v) is 2.34. The van der Waals surface area contributed by atoms with E-state index in [4.69, 9.17) is 4.74 Å². The minimum Gasteiger partial charge on any atom is -0.370 e. The van der Waals surface area contributed by atoms with Gasteiger partial charge in [0.05, 0.1) is 0 Å². The van der Waals surface area contributed by atoms with Crippen LogP contribution in [0.5, 0.6) is 0 Å². The average molecular weight is 206 g/mol. The van der Waals surface area contributed by atoms with E-state index in [0.29, 0.717) is 19.4 Å². The molecule has 0 aliphatic rings. The smallest absolute Gasteiger partial charge is 0.161 e. The van der Waals surface area contributed by atoms with Crippen molar-refractivity contribution in [1.29, 1.82) is 0 Å². The van der Waals surface area contributed by atoms with E-state index < -0.39 is 0 Å². The summed E-state index contributed by atoms with van der Waals surface area (Å²) >= 11 is 0. The molecule has 0 amide bonds. The summed E-state index contributed by atoms with van der Waals surface area (Å²) in [6.45, 7) is 4.38. The summed E-state index contributed by atoms with van der Waals surface area (Å²) in [4.78, 5) is 11.6. The van der Waals surface area contributed by atoms with Crippen molar-refractivity contribution in [2.45, 2.75) is 32.8 Å². The van der Waals surface area contributed by atoms with E-state index in [9.17, 15) is 4.79 Å².